The van der Waals surface area contributed by atoms with Gasteiger partial charge in [-0.15, -0.1) is 0 Å². The smallest absolute Gasteiger partial charge is 0.274 e. The Morgan fingerprint density at radius 3 is 2.69 bits per heavy atom. The van der Waals surface area contributed by atoms with E-state index >= 15 is 0 Å². The summed E-state index contributed by atoms with van der Waals surface area (Å²) in [6, 6.07) is 13.5. The topological polar surface area (TPSA) is 106 Å². The van der Waals surface area contributed by atoms with Crippen LogP contribution in [0.4, 0.5) is 0 Å². The Hall–Kier alpha value is -3.94. The number of hydrazine groups is 1. The van der Waals surface area contributed by atoms with Crippen molar-refractivity contribution in [2.24, 2.45) is 7.05 Å². The van der Waals surface area contributed by atoms with Gasteiger partial charge in [-0.1, -0.05) is 42.5 Å². The van der Waals surface area contributed by atoms with Crippen LogP contribution < -0.4 is 16.4 Å². The molecule has 8 nitrogen and oxygen atoms in total. The highest BCUT2D eigenvalue weighted by Gasteiger charge is 2.22. The molecule has 2 N–H and O–H groups in total. The van der Waals surface area contributed by atoms with Crippen LogP contribution in [-0.4, -0.2) is 21.4 Å². The minimum atomic E-state index is -0.641. The van der Waals surface area contributed by atoms with E-state index in [1.165, 1.54) is 17.9 Å². The Labute approximate surface area is 165 Å². The number of carbonyl (C=O) groups excluding carboxylic acids is 2. The summed E-state index contributed by atoms with van der Waals surface area (Å²) in [6.07, 6.45) is 1.41. The Morgan fingerprint density at radius 1 is 1.10 bits per heavy atom. The summed E-state index contributed by atoms with van der Waals surface area (Å²) in [6.45, 7) is 1.56. The summed E-state index contributed by atoms with van der Waals surface area (Å²) < 4.78 is 6.67. The first-order valence-corrected chi connectivity index (χ1v) is 8.96. The first-order valence-electron chi connectivity index (χ1n) is 8.96. The fourth-order valence-corrected chi connectivity index (χ4v) is 3.31. The molecule has 0 saturated heterocycles. The van der Waals surface area contributed by atoms with Gasteiger partial charge in [0.05, 0.1) is 12.0 Å². The van der Waals surface area contributed by atoms with E-state index in [-0.39, 0.29) is 34.8 Å². The minimum absolute atomic E-state index is 0.0548. The standard InChI is InChI=1S/C21H18N4O4/c1-12-17(18-20(29-12)22-11-25(2)21(18)28)19(27)24-23-16(26)10-14-8-5-7-13-6-3-4-9-15(13)14/h3-9,11H,10H2,1-2H3,(H,23,26)(H,24,27). The van der Waals surface area contributed by atoms with Crippen molar-refractivity contribution >= 4 is 33.7 Å². The summed E-state index contributed by atoms with van der Waals surface area (Å²) in [5.41, 5.74) is 5.34. The zero-order valence-electron chi connectivity index (χ0n) is 15.9. The van der Waals surface area contributed by atoms with Gasteiger partial charge >= 0.3 is 0 Å². The third-order valence-corrected chi connectivity index (χ3v) is 4.72. The molecule has 0 aliphatic rings. The van der Waals surface area contributed by atoms with Gasteiger partial charge in [0, 0.05) is 7.05 Å². The van der Waals surface area contributed by atoms with Crippen LogP contribution in [0.15, 0.2) is 58.0 Å². The summed E-state index contributed by atoms with van der Waals surface area (Å²) in [5.74, 6) is -0.777. The number of fused-ring (bicyclic) bond motifs is 2. The molecule has 0 saturated carbocycles. The van der Waals surface area contributed by atoms with E-state index in [1.807, 2.05) is 42.5 Å². The number of nitrogens with one attached hydrogen (secondary N) is 2. The van der Waals surface area contributed by atoms with Crippen molar-refractivity contribution in [3.63, 3.8) is 0 Å². The van der Waals surface area contributed by atoms with Crippen molar-refractivity contribution in [3.8, 4) is 0 Å². The molecule has 2 aromatic carbocycles. The van der Waals surface area contributed by atoms with Gasteiger partial charge in [0.2, 0.25) is 11.6 Å². The maximum atomic E-state index is 12.6. The molecule has 2 amide bonds. The van der Waals surface area contributed by atoms with Gasteiger partial charge in [-0.2, -0.15) is 0 Å². The van der Waals surface area contributed by atoms with Crippen molar-refractivity contribution in [1.29, 1.82) is 0 Å². The highest BCUT2D eigenvalue weighted by molar-refractivity contribution is 6.06. The van der Waals surface area contributed by atoms with Crippen LogP contribution in [0.2, 0.25) is 0 Å². The largest absolute Gasteiger partial charge is 0.442 e. The number of furan rings is 1. The second-order valence-corrected chi connectivity index (χ2v) is 6.69. The van der Waals surface area contributed by atoms with E-state index in [9.17, 15) is 14.4 Å². The molecule has 2 aromatic heterocycles. The average Bonchev–Trinajstić information content (AvgIpc) is 3.06. The van der Waals surface area contributed by atoms with Crippen LogP contribution in [0.3, 0.4) is 0 Å². The van der Waals surface area contributed by atoms with Crippen LogP contribution in [0.25, 0.3) is 21.9 Å². The molecule has 0 aliphatic heterocycles. The first kappa shape index (κ1) is 18.4. The Morgan fingerprint density at radius 2 is 1.86 bits per heavy atom. The number of nitrogens with zero attached hydrogens (tertiary/aromatic N) is 2. The van der Waals surface area contributed by atoms with Crippen LogP contribution in [0.5, 0.6) is 0 Å². The van der Waals surface area contributed by atoms with Gasteiger partial charge in [-0.3, -0.25) is 25.2 Å². The van der Waals surface area contributed by atoms with Crippen molar-refractivity contribution < 1.29 is 14.0 Å². The summed E-state index contributed by atoms with van der Waals surface area (Å²) >= 11 is 0. The minimum Gasteiger partial charge on any atom is -0.442 e. The van der Waals surface area contributed by atoms with Crippen molar-refractivity contribution in [1.82, 2.24) is 20.4 Å². The molecule has 4 rings (SSSR count). The summed E-state index contributed by atoms with van der Waals surface area (Å²) in [5, 5.41) is 2.08. The monoisotopic (exact) mass is 390 g/mol. The fraction of sp³-hybridized carbons (Fsp3) is 0.143. The molecule has 146 valence electrons. The predicted molar refractivity (Wildman–Crippen MR) is 107 cm³/mol. The molecular weight excluding hydrogens is 372 g/mol. The lowest BCUT2D eigenvalue weighted by molar-refractivity contribution is -0.121. The van der Waals surface area contributed by atoms with Crippen molar-refractivity contribution in [3.05, 3.63) is 76.0 Å². The molecule has 0 spiro atoms. The van der Waals surface area contributed by atoms with E-state index in [2.05, 4.69) is 15.8 Å². The highest BCUT2D eigenvalue weighted by Crippen LogP contribution is 2.21. The number of benzene rings is 2. The van der Waals surface area contributed by atoms with Crippen LogP contribution in [0, 0.1) is 6.92 Å². The second kappa shape index (κ2) is 7.23. The van der Waals surface area contributed by atoms with Gasteiger partial charge in [0.15, 0.2) is 0 Å². The van der Waals surface area contributed by atoms with E-state index in [0.717, 1.165) is 16.3 Å². The molecule has 8 heteroatoms. The van der Waals surface area contributed by atoms with Crippen molar-refractivity contribution in [2.45, 2.75) is 13.3 Å². The lowest BCUT2D eigenvalue weighted by atomic mass is 10.0. The molecule has 2 heterocycles. The maximum Gasteiger partial charge on any atom is 0.274 e. The number of rotatable bonds is 3. The number of hydrogen-bond donors (Lipinski definition) is 2. The highest BCUT2D eigenvalue weighted by atomic mass is 16.3. The van der Waals surface area contributed by atoms with E-state index in [1.54, 1.807) is 6.92 Å². The number of carbonyl (C=O) groups is 2. The van der Waals surface area contributed by atoms with E-state index in [0.29, 0.717) is 0 Å². The fourth-order valence-electron chi connectivity index (χ4n) is 3.31. The first-order chi connectivity index (χ1) is 14.0. The molecular formula is C21H18N4O4. The number of aromatic nitrogens is 2. The predicted octanol–water partition coefficient (Wildman–Crippen LogP) is 1.99. The van der Waals surface area contributed by atoms with Crippen LogP contribution in [0.1, 0.15) is 21.7 Å². The molecule has 0 unspecified atom stereocenters. The average molecular weight is 390 g/mol. The zero-order valence-corrected chi connectivity index (χ0v) is 15.9. The van der Waals surface area contributed by atoms with Gasteiger partial charge in [0.25, 0.3) is 11.5 Å². The summed E-state index contributed by atoms with van der Waals surface area (Å²) in [7, 11) is 1.53. The van der Waals surface area contributed by atoms with E-state index < -0.39 is 11.5 Å². The molecule has 0 radical (unpaired) electrons. The maximum absolute atomic E-state index is 12.6. The zero-order chi connectivity index (χ0) is 20.5. The van der Waals surface area contributed by atoms with Crippen LogP contribution in [-0.2, 0) is 18.3 Å². The Bertz CT molecular complexity index is 1310. The molecule has 0 atom stereocenters. The van der Waals surface area contributed by atoms with Gasteiger partial charge in [-0.25, -0.2) is 4.98 Å². The van der Waals surface area contributed by atoms with Gasteiger partial charge in [0.1, 0.15) is 17.5 Å². The molecule has 0 bridgehead atoms. The molecule has 29 heavy (non-hydrogen) atoms. The molecule has 4 aromatic rings. The van der Waals surface area contributed by atoms with Gasteiger partial charge in [-0.05, 0) is 23.3 Å². The van der Waals surface area contributed by atoms with E-state index in [4.69, 9.17) is 4.42 Å². The lowest BCUT2D eigenvalue weighted by Crippen LogP contribution is -2.42. The number of aryl methyl sites for hydroxylation is 2. The third kappa shape index (κ3) is 3.36. The molecule has 0 aliphatic carbocycles. The van der Waals surface area contributed by atoms with Crippen molar-refractivity contribution in [2.75, 3.05) is 0 Å². The van der Waals surface area contributed by atoms with Gasteiger partial charge < -0.3 is 8.98 Å². The van der Waals surface area contributed by atoms with Crippen LogP contribution >= 0.6 is 0 Å². The summed E-state index contributed by atoms with van der Waals surface area (Å²) in [4.78, 5) is 41.4. The second-order valence-electron chi connectivity index (χ2n) is 6.69. The molecule has 0 fully saturated rings. The number of hydrogen-bond acceptors (Lipinski definition) is 5. The third-order valence-electron chi connectivity index (χ3n) is 4.72. The number of amides is 2. The quantitative estimate of drug-likeness (QED) is 0.521. The normalized spacial score (nSPS) is 11.0. The lowest BCUT2D eigenvalue weighted by Gasteiger charge is -2.09. The SMILES string of the molecule is Cc1oc2ncn(C)c(=O)c2c1C(=O)NNC(=O)Cc1cccc2ccccc12. The Balaban J connectivity index is 1.52. The Kier molecular flexibility index (Phi) is 4.59.